The van der Waals surface area contributed by atoms with E-state index >= 15 is 0 Å². The molecule has 0 saturated carbocycles. The second-order valence-corrected chi connectivity index (χ2v) is 5.30. The summed E-state index contributed by atoms with van der Waals surface area (Å²) in [6.45, 7) is 4.93. The van der Waals surface area contributed by atoms with Crippen LogP contribution in [0.4, 0.5) is 0 Å². The molecular formula is C14H21Cl2NO2. The molecule has 0 aliphatic rings. The fourth-order valence-corrected chi connectivity index (χ4v) is 2.05. The van der Waals surface area contributed by atoms with E-state index in [9.17, 15) is 5.11 Å². The van der Waals surface area contributed by atoms with Crippen LogP contribution in [0.5, 0.6) is 5.75 Å². The minimum Gasteiger partial charge on any atom is -0.489 e. The molecule has 0 spiro atoms. The van der Waals surface area contributed by atoms with Gasteiger partial charge in [-0.2, -0.15) is 0 Å². The molecule has 1 unspecified atom stereocenters. The van der Waals surface area contributed by atoms with Crippen LogP contribution in [0.2, 0.25) is 10.0 Å². The van der Waals surface area contributed by atoms with Crippen molar-refractivity contribution >= 4 is 23.2 Å². The van der Waals surface area contributed by atoms with E-state index in [0.29, 0.717) is 28.4 Å². The van der Waals surface area contributed by atoms with E-state index in [-0.39, 0.29) is 6.61 Å². The molecule has 1 aromatic rings. The van der Waals surface area contributed by atoms with Crippen LogP contribution in [-0.4, -0.2) is 30.4 Å². The molecule has 0 bridgehead atoms. The Bertz CT molecular complexity index is 384. The van der Waals surface area contributed by atoms with Crippen molar-refractivity contribution in [3.8, 4) is 5.75 Å². The van der Waals surface area contributed by atoms with Crippen molar-refractivity contribution in [2.75, 3.05) is 13.2 Å². The average molecular weight is 306 g/mol. The highest BCUT2D eigenvalue weighted by atomic mass is 35.5. The van der Waals surface area contributed by atoms with Crippen LogP contribution in [0.25, 0.3) is 0 Å². The minimum absolute atomic E-state index is 0.188. The zero-order valence-electron chi connectivity index (χ0n) is 11.3. The molecule has 0 saturated heterocycles. The Morgan fingerprint density at radius 2 is 1.95 bits per heavy atom. The smallest absolute Gasteiger partial charge is 0.139 e. The van der Waals surface area contributed by atoms with E-state index in [1.54, 1.807) is 18.2 Å². The van der Waals surface area contributed by atoms with E-state index in [4.69, 9.17) is 27.9 Å². The maximum atomic E-state index is 9.85. The van der Waals surface area contributed by atoms with Gasteiger partial charge in [0.2, 0.25) is 0 Å². The number of nitrogens with one attached hydrogen (secondary N) is 1. The number of rotatable bonds is 8. The second-order valence-electron chi connectivity index (χ2n) is 4.46. The maximum Gasteiger partial charge on any atom is 0.139 e. The summed E-state index contributed by atoms with van der Waals surface area (Å²) >= 11 is 11.8. The summed E-state index contributed by atoms with van der Waals surface area (Å²) < 4.78 is 5.47. The van der Waals surface area contributed by atoms with Gasteiger partial charge in [-0.05, 0) is 25.0 Å². The standard InChI is InChI=1S/C14H21Cl2NO2/c1-3-11(4-2)17-8-12(18)9-19-14-7-10(15)5-6-13(14)16/h5-7,11-12,17-18H,3-4,8-9H2,1-2H3. The van der Waals surface area contributed by atoms with Gasteiger partial charge in [-0.25, -0.2) is 0 Å². The second kappa shape index (κ2) is 8.64. The highest BCUT2D eigenvalue weighted by molar-refractivity contribution is 6.34. The van der Waals surface area contributed by atoms with Gasteiger partial charge in [0.15, 0.2) is 0 Å². The zero-order chi connectivity index (χ0) is 14.3. The highest BCUT2D eigenvalue weighted by Gasteiger charge is 2.10. The summed E-state index contributed by atoms with van der Waals surface area (Å²) in [5.74, 6) is 0.496. The molecule has 2 N–H and O–H groups in total. The normalized spacial score (nSPS) is 12.7. The Morgan fingerprint density at radius 1 is 1.26 bits per heavy atom. The first-order valence-electron chi connectivity index (χ1n) is 6.56. The number of ether oxygens (including phenoxy) is 1. The summed E-state index contributed by atoms with van der Waals surface area (Å²) in [5, 5.41) is 14.2. The molecule has 0 aliphatic carbocycles. The van der Waals surface area contributed by atoms with Gasteiger partial charge in [-0.3, -0.25) is 0 Å². The molecule has 5 heteroatoms. The third-order valence-electron chi connectivity index (χ3n) is 2.95. The lowest BCUT2D eigenvalue weighted by Crippen LogP contribution is -2.37. The van der Waals surface area contributed by atoms with Crippen molar-refractivity contribution in [3.63, 3.8) is 0 Å². The Morgan fingerprint density at radius 3 is 2.58 bits per heavy atom. The van der Waals surface area contributed by atoms with E-state index in [1.165, 1.54) is 0 Å². The summed E-state index contributed by atoms with van der Waals surface area (Å²) in [6.07, 6.45) is 1.52. The van der Waals surface area contributed by atoms with Crippen molar-refractivity contribution in [2.24, 2.45) is 0 Å². The van der Waals surface area contributed by atoms with Crippen LogP contribution in [0.1, 0.15) is 26.7 Å². The van der Waals surface area contributed by atoms with Gasteiger partial charge in [0.25, 0.3) is 0 Å². The fourth-order valence-electron chi connectivity index (χ4n) is 1.71. The lowest BCUT2D eigenvalue weighted by Gasteiger charge is -2.18. The largest absolute Gasteiger partial charge is 0.489 e. The van der Waals surface area contributed by atoms with Crippen molar-refractivity contribution in [3.05, 3.63) is 28.2 Å². The van der Waals surface area contributed by atoms with Gasteiger partial charge in [-0.15, -0.1) is 0 Å². The molecular weight excluding hydrogens is 285 g/mol. The van der Waals surface area contributed by atoms with Crippen molar-refractivity contribution in [1.29, 1.82) is 0 Å². The first kappa shape index (κ1) is 16.6. The first-order chi connectivity index (χ1) is 9.06. The van der Waals surface area contributed by atoms with E-state index in [2.05, 4.69) is 19.2 Å². The number of aliphatic hydroxyl groups is 1. The quantitative estimate of drug-likeness (QED) is 0.772. The van der Waals surface area contributed by atoms with E-state index in [0.717, 1.165) is 12.8 Å². The summed E-state index contributed by atoms with van der Waals surface area (Å²) in [4.78, 5) is 0. The predicted molar refractivity (Wildman–Crippen MR) is 80.3 cm³/mol. The monoisotopic (exact) mass is 305 g/mol. The lowest BCUT2D eigenvalue weighted by molar-refractivity contribution is 0.103. The first-order valence-corrected chi connectivity index (χ1v) is 7.31. The van der Waals surface area contributed by atoms with Crippen LogP contribution in [-0.2, 0) is 0 Å². The van der Waals surface area contributed by atoms with E-state index in [1.807, 2.05) is 0 Å². The third kappa shape index (κ3) is 6.00. The van der Waals surface area contributed by atoms with Crippen LogP contribution < -0.4 is 10.1 Å². The van der Waals surface area contributed by atoms with Crippen molar-refractivity contribution in [2.45, 2.75) is 38.8 Å². The van der Waals surface area contributed by atoms with Crippen LogP contribution in [0.15, 0.2) is 18.2 Å². The molecule has 0 amide bonds. The topological polar surface area (TPSA) is 41.5 Å². The van der Waals surface area contributed by atoms with Gasteiger partial charge in [0.1, 0.15) is 18.5 Å². The average Bonchev–Trinajstić information content (AvgIpc) is 2.41. The van der Waals surface area contributed by atoms with Gasteiger partial charge in [0, 0.05) is 23.7 Å². The van der Waals surface area contributed by atoms with Gasteiger partial charge < -0.3 is 15.2 Å². The number of hydrogen-bond donors (Lipinski definition) is 2. The molecule has 108 valence electrons. The molecule has 1 rings (SSSR count). The number of aliphatic hydroxyl groups excluding tert-OH is 1. The Balaban J connectivity index is 2.37. The number of halogens is 2. The molecule has 0 radical (unpaired) electrons. The molecule has 19 heavy (non-hydrogen) atoms. The molecule has 0 aliphatic heterocycles. The molecule has 0 aromatic heterocycles. The van der Waals surface area contributed by atoms with Gasteiger partial charge in [-0.1, -0.05) is 37.0 Å². The van der Waals surface area contributed by atoms with Crippen molar-refractivity contribution < 1.29 is 9.84 Å². The summed E-state index contributed by atoms with van der Waals surface area (Å²) in [7, 11) is 0. The van der Waals surface area contributed by atoms with Crippen LogP contribution >= 0.6 is 23.2 Å². The predicted octanol–water partition coefficient (Wildman–Crippen LogP) is 3.51. The Hall–Kier alpha value is -0.480. The third-order valence-corrected chi connectivity index (χ3v) is 3.50. The summed E-state index contributed by atoms with van der Waals surface area (Å²) in [6, 6.07) is 5.45. The molecule has 1 atom stereocenters. The molecule has 3 nitrogen and oxygen atoms in total. The minimum atomic E-state index is -0.573. The molecule has 0 fully saturated rings. The Kier molecular flexibility index (Phi) is 7.54. The molecule has 1 aromatic carbocycles. The lowest BCUT2D eigenvalue weighted by atomic mass is 10.1. The van der Waals surface area contributed by atoms with Crippen molar-refractivity contribution in [1.82, 2.24) is 5.32 Å². The molecule has 0 heterocycles. The van der Waals surface area contributed by atoms with Crippen LogP contribution in [0, 0.1) is 0 Å². The Labute approximate surface area is 124 Å². The number of benzene rings is 1. The van der Waals surface area contributed by atoms with E-state index < -0.39 is 6.10 Å². The zero-order valence-corrected chi connectivity index (χ0v) is 12.8. The van der Waals surface area contributed by atoms with Gasteiger partial charge >= 0.3 is 0 Å². The SMILES string of the molecule is CCC(CC)NCC(O)COc1cc(Cl)ccc1Cl. The van der Waals surface area contributed by atoms with Gasteiger partial charge in [0.05, 0.1) is 5.02 Å². The maximum absolute atomic E-state index is 9.85. The fraction of sp³-hybridized carbons (Fsp3) is 0.571. The number of hydrogen-bond acceptors (Lipinski definition) is 3. The van der Waals surface area contributed by atoms with Crippen LogP contribution in [0.3, 0.4) is 0 Å². The highest BCUT2D eigenvalue weighted by Crippen LogP contribution is 2.27. The summed E-state index contributed by atoms with van der Waals surface area (Å²) in [5.41, 5.74) is 0.